The minimum atomic E-state index is -3.66. The van der Waals surface area contributed by atoms with E-state index in [9.17, 15) is 8.42 Å². The first-order valence-corrected chi connectivity index (χ1v) is 7.90. The number of nitrogens with zero attached hydrogens (tertiary/aromatic N) is 1. The van der Waals surface area contributed by atoms with E-state index < -0.39 is 10.0 Å². The molecule has 0 amide bonds. The molecule has 0 fully saturated rings. The van der Waals surface area contributed by atoms with Gasteiger partial charge in [0.2, 0.25) is 10.0 Å². The van der Waals surface area contributed by atoms with Crippen LogP contribution in [0.4, 0.5) is 0 Å². The van der Waals surface area contributed by atoms with E-state index in [2.05, 4.69) is 9.71 Å². The van der Waals surface area contributed by atoms with Gasteiger partial charge in [-0.3, -0.25) is 4.98 Å². The molecule has 3 N–H and O–H groups in total. The van der Waals surface area contributed by atoms with Crippen LogP contribution in [0.25, 0.3) is 0 Å². The fourth-order valence-electron chi connectivity index (χ4n) is 1.88. The van der Waals surface area contributed by atoms with Crippen molar-refractivity contribution in [1.82, 2.24) is 9.71 Å². The Morgan fingerprint density at radius 2 is 2.11 bits per heavy atom. The van der Waals surface area contributed by atoms with E-state index in [4.69, 9.17) is 18.0 Å². The highest BCUT2D eigenvalue weighted by Crippen LogP contribution is 2.15. The lowest BCUT2D eigenvalue weighted by Crippen LogP contribution is -2.35. The van der Waals surface area contributed by atoms with Crippen molar-refractivity contribution in [3.63, 3.8) is 0 Å². The summed E-state index contributed by atoms with van der Waals surface area (Å²) in [6.45, 7) is 5.90. The molecule has 1 heterocycles. The Kier molecular flexibility index (Phi) is 5.39. The smallest absolute Gasteiger partial charge is 0.243 e. The van der Waals surface area contributed by atoms with Crippen LogP contribution in [0.15, 0.2) is 23.2 Å². The predicted molar refractivity (Wildman–Crippen MR) is 79.4 cm³/mol. The normalized spacial score (nSPS) is 13.5. The zero-order valence-corrected chi connectivity index (χ0v) is 12.9. The van der Waals surface area contributed by atoms with Crippen molar-refractivity contribution in [2.45, 2.75) is 38.1 Å². The van der Waals surface area contributed by atoms with Gasteiger partial charge in [-0.05, 0) is 31.4 Å². The number of nitrogens with two attached hydrogens (primary N) is 1. The van der Waals surface area contributed by atoms with Crippen molar-refractivity contribution in [2.75, 3.05) is 0 Å². The van der Waals surface area contributed by atoms with Crippen LogP contribution in [0.2, 0.25) is 0 Å². The van der Waals surface area contributed by atoms with Crippen LogP contribution >= 0.6 is 12.2 Å². The van der Waals surface area contributed by atoms with Gasteiger partial charge in [0, 0.05) is 12.2 Å². The molecule has 1 aromatic heterocycles. The largest absolute Gasteiger partial charge is 0.388 e. The van der Waals surface area contributed by atoms with Crippen molar-refractivity contribution in [2.24, 2.45) is 11.7 Å². The number of nitrogens with one attached hydrogen (secondary N) is 1. The summed E-state index contributed by atoms with van der Waals surface area (Å²) in [7, 11) is -3.66. The second-order valence-electron chi connectivity index (χ2n) is 4.87. The van der Waals surface area contributed by atoms with Crippen LogP contribution in [0.5, 0.6) is 0 Å². The zero-order chi connectivity index (χ0) is 14.6. The highest BCUT2D eigenvalue weighted by Gasteiger charge is 2.22. The molecular formula is C12H19N3O2S2. The van der Waals surface area contributed by atoms with Gasteiger partial charge >= 0.3 is 0 Å². The molecule has 1 aromatic rings. The minimum absolute atomic E-state index is 0.0260. The van der Waals surface area contributed by atoms with Gasteiger partial charge in [-0.15, -0.1) is 0 Å². The third-order valence-electron chi connectivity index (χ3n) is 2.47. The number of aromatic nitrogens is 1. The SMILES string of the molecule is CC(C)CC(C)NS(=O)(=O)c1cccnc1C(N)=S. The Morgan fingerprint density at radius 1 is 1.47 bits per heavy atom. The van der Waals surface area contributed by atoms with E-state index in [1.807, 2.05) is 20.8 Å². The van der Waals surface area contributed by atoms with Gasteiger partial charge in [0.15, 0.2) is 0 Å². The van der Waals surface area contributed by atoms with Gasteiger partial charge < -0.3 is 5.73 Å². The van der Waals surface area contributed by atoms with Gasteiger partial charge in [-0.2, -0.15) is 0 Å². The lowest BCUT2D eigenvalue weighted by molar-refractivity contribution is 0.482. The van der Waals surface area contributed by atoms with E-state index in [1.54, 1.807) is 6.07 Å². The molecule has 19 heavy (non-hydrogen) atoms. The molecule has 1 rings (SSSR count). The summed E-state index contributed by atoms with van der Waals surface area (Å²) >= 11 is 4.83. The van der Waals surface area contributed by atoms with Crippen LogP contribution in [0, 0.1) is 5.92 Å². The van der Waals surface area contributed by atoms with E-state index >= 15 is 0 Å². The van der Waals surface area contributed by atoms with Gasteiger partial charge in [0.1, 0.15) is 15.6 Å². The van der Waals surface area contributed by atoms with Crippen molar-refractivity contribution < 1.29 is 8.42 Å². The fraction of sp³-hybridized carbons (Fsp3) is 0.500. The zero-order valence-electron chi connectivity index (χ0n) is 11.3. The van der Waals surface area contributed by atoms with Crippen molar-refractivity contribution >= 4 is 27.2 Å². The monoisotopic (exact) mass is 301 g/mol. The number of pyridine rings is 1. The third kappa shape index (κ3) is 4.52. The van der Waals surface area contributed by atoms with Gasteiger partial charge in [0.25, 0.3) is 0 Å². The standard InChI is InChI=1S/C12H19N3O2S2/c1-8(2)7-9(3)15-19(16,17)10-5-4-6-14-11(10)12(13)18/h4-6,8-9,15H,7H2,1-3H3,(H2,13,18). The predicted octanol–water partition coefficient (Wildman–Crippen LogP) is 1.43. The lowest BCUT2D eigenvalue weighted by Gasteiger charge is -2.17. The maximum Gasteiger partial charge on any atom is 0.243 e. The summed E-state index contributed by atoms with van der Waals surface area (Å²) < 4.78 is 27.2. The number of thiocarbonyl (C=S) groups is 1. The molecule has 106 valence electrons. The summed E-state index contributed by atoms with van der Waals surface area (Å²) in [6, 6.07) is 2.83. The Labute approximate surface area is 119 Å². The first-order chi connectivity index (χ1) is 8.74. The van der Waals surface area contributed by atoms with Crippen LogP contribution in [-0.4, -0.2) is 24.4 Å². The molecular weight excluding hydrogens is 282 g/mol. The second-order valence-corrected chi connectivity index (χ2v) is 6.99. The van der Waals surface area contributed by atoms with E-state index in [1.165, 1.54) is 12.3 Å². The summed E-state index contributed by atoms with van der Waals surface area (Å²) in [5.74, 6) is 0.404. The molecule has 5 nitrogen and oxygen atoms in total. The average Bonchev–Trinajstić information content (AvgIpc) is 2.26. The molecule has 0 aliphatic heterocycles. The first-order valence-electron chi connectivity index (χ1n) is 6.01. The fourth-order valence-corrected chi connectivity index (χ4v) is 3.53. The molecule has 1 atom stereocenters. The number of hydrogen-bond acceptors (Lipinski definition) is 4. The van der Waals surface area contributed by atoms with Gasteiger partial charge in [-0.1, -0.05) is 26.1 Å². The quantitative estimate of drug-likeness (QED) is 0.776. The number of rotatable bonds is 6. The topological polar surface area (TPSA) is 85.1 Å². The maximum atomic E-state index is 12.3. The van der Waals surface area contributed by atoms with Crippen LogP contribution in [0.3, 0.4) is 0 Å². The van der Waals surface area contributed by atoms with Gasteiger partial charge in [-0.25, -0.2) is 13.1 Å². The Balaban J connectivity index is 3.04. The van der Waals surface area contributed by atoms with Crippen molar-refractivity contribution in [3.8, 4) is 0 Å². The minimum Gasteiger partial charge on any atom is -0.388 e. The molecule has 1 unspecified atom stereocenters. The molecule has 0 radical (unpaired) electrons. The summed E-state index contributed by atoms with van der Waals surface area (Å²) in [6.07, 6.45) is 2.22. The van der Waals surface area contributed by atoms with Gasteiger partial charge in [0.05, 0.1) is 0 Å². The van der Waals surface area contributed by atoms with E-state index in [0.717, 1.165) is 6.42 Å². The Hall–Kier alpha value is -1.05. The molecule has 0 saturated heterocycles. The molecule has 0 spiro atoms. The number of hydrogen-bond donors (Lipinski definition) is 2. The maximum absolute atomic E-state index is 12.3. The average molecular weight is 301 g/mol. The molecule has 0 aliphatic rings. The second kappa shape index (κ2) is 6.40. The lowest BCUT2D eigenvalue weighted by atomic mass is 10.1. The summed E-state index contributed by atoms with van der Waals surface area (Å²) in [4.78, 5) is 3.92. The van der Waals surface area contributed by atoms with Crippen LogP contribution in [0.1, 0.15) is 32.9 Å². The molecule has 0 aromatic carbocycles. The third-order valence-corrected chi connectivity index (χ3v) is 4.29. The molecule has 0 saturated carbocycles. The Bertz CT molecular complexity index is 556. The summed E-state index contributed by atoms with van der Waals surface area (Å²) in [5.41, 5.74) is 5.63. The van der Waals surface area contributed by atoms with Crippen LogP contribution in [-0.2, 0) is 10.0 Å². The first kappa shape index (κ1) is 16.0. The number of sulfonamides is 1. The van der Waals surface area contributed by atoms with E-state index in [-0.39, 0.29) is 21.6 Å². The highest BCUT2D eigenvalue weighted by molar-refractivity contribution is 7.89. The molecule has 7 heteroatoms. The summed E-state index contributed by atoms with van der Waals surface area (Å²) in [5, 5.41) is 0. The van der Waals surface area contributed by atoms with Crippen molar-refractivity contribution in [1.29, 1.82) is 0 Å². The highest BCUT2D eigenvalue weighted by atomic mass is 32.2. The van der Waals surface area contributed by atoms with Crippen molar-refractivity contribution in [3.05, 3.63) is 24.0 Å². The molecule has 0 bridgehead atoms. The Morgan fingerprint density at radius 3 is 2.63 bits per heavy atom. The van der Waals surface area contributed by atoms with Crippen LogP contribution < -0.4 is 10.5 Å². The van der Waals surface area contributed by atoms with E-state index in [0.29, 0.717) is 5.92 Å². The molecule has 0 aliphatic carbocycles.